The Bertz CT molecular complexity index is 393. The van der Waals surface area contributed by atoms with Crippen molar-refractivity contribution >= 4 is 12.1 Å². The van der Waals surface area contributed by atoms with Gasteiger partial charge in [-0.3, -0.25) is 4.90 Å². The number of carbonyl (C=O) groups excluding carboxylic acids is 2. The van der Waals surface area contributed by atoms with E-state index in [4.69, 9.17) is 9.47 Å². The van der Waals surface area contributed by atoms with Gasteiger partial charge in [-0.25, -0.2) is 9.59 Å². The molecular formula is C15H25NO4. The van der Waals surface area contributed by atoms with Gasteiger partial charge in [0.15, 0.2) is 0 Å². The molecule has 114 valence electrons. The lowest BCUT2D eigenvalue weighted by Gasteiger charge is -2.28. The van der Waals surface area contributed by atoms with Gasteiger partial charge in [-0.05, 0) is 45.4 Å². The van der Waals surface area contributed by atoms with E-state index in [2.05, 4.69) is 0 Å². The Hall–Kier alpha value is -1.26. The summed E-state index contributed by atoms with van der Waals surface area (Å²) >= 11 is 0. The Morgan fingerprint density at radius 2 is 1.80 bits per heavy atom. The van der Waals surface area contributed by atoms with E-state index in [9.17, 15) is 9.59 Å². The zero-order valence-electron chi connectivity index (χ0n) is 12.9. The summed E-state index contributed by atoms with van der Waals surface area (Å²) in [4.78, 5) is 25.9. The van der Waals surface area contributed by atoms with Gasteiger partial charge >= 0.3 is 12.1 Å². The van der Waals surface area contributed by atoms with Crippen LogP contribution in [0.15, 0.2) is 0 Å². The zero-order valence-corrected chi connectivity index (χ0v) is 12.9. The van der Waals surface area contributed by atoms with Crippen molar-refractivity contribution in [2.24, 2.45) is 5.41 Å². The first kappa shape index (κ1) is 15.1. The number of ether oxygens (including phenoxy) is 2. The van der Waals surface area contributed by atoms with Gasteiger partial charge in [-0.1, -0.05) is 12.8 Å². The second-order valence-electron chi connectivity index (χ2n) is 7.06. The van der Waals surface area contributed by atoms with Crippen molar-refractivity contribution in [2.45, 2.75) is 64.5 Å². The highest BCUT2D eigenvalue weighted by Gasteiger charge is 2.51. The largest absolute Gasteiger partial charge is 0.467 e. The van der Waals surface area contributed by atoms with E-state index in [-0.39, 0.29) is 11.4 Å². The molecule has 0 aromatic rings. The number of amides is 1. The van der Waals surface area contributed by atoms with Crippen LogP contribution in [-0.4, -0.2) is 42.3 Å². The van der Waals surface area contributed by atoms with Crippen molar-refractivity contribution in [3.8, 4) is 0 Å². The Balaban J connectivity index is 2.15. The summed E-state index contributed by atoms with van der Waals surface area (Å²) in [6.45, 7) is 6.11. The number of hydrogen-bond donors (Lipinski definition) is 0. The highest BCUT2D eigenvalue weighted by Crippen LogP contribution is 2.48. The van der Waals surface area contributed by atoms with E-state index in [1.54, 1.807) is 4.90 Å². The Morgan fingerprint density at radius 1 is 1.20 bits per heavy atom. The molecule has 1 spiro atoms. The van der Waals surface area contributed by atoms with Gasteiger partial charge in [-0.2, -0.15) is 0 Å². The molecule has 1 heterocycles. The van der Waals surface area contributed by atoms with Gasteiger partial charge in [0.2, 0.25) is 0 Å². The van der Waals surface area contributed by atoms with E-state index < -0.39 is 17.7 Å². The lowest BCUT2D eigenvalue weighted by atomic mass is 9.84. The summed E-state index contributed by atoms with van der Waals surface area (Å²) in [5, 5.41) is 0. The second-order valence-corrected chi connectivity index (χ2v) is 7.06. The third-order valence-electron chi connectivity index (χ3n) is 4.27. The van der Waals surface area contributed by atoms with Crippen LogP contribution >= 0.6 is 0 Å². The summed E-state index contributed by atoms with van der Waals surface area (Å²) in [5.74, 6) is -0.334. The normalized spacial score (nSPS) is 25.0. The summed E-state index contributed by atoms with van der Waals surface area (Å²) < 4.78 is 10.3. The molecule has 0 radical (unpaired) electrons. The molecule has 2 aliphatic rings. The predicted molar refractivity (Wildman–Crippen MR) is 74.3 cm³/mol. The Morgan fingerprint density at radius 3 is 2.30 bits per heavy atom. The van der Waals surface area contributed by atoms with Gasteiger partial charge in [-0.15, -0.1) is 0 Å². The molecule has 1 aliphatic heterocycles. The molecule has 0 aromatic carbocycles. The van der Waals surface area contributed by atoms with Crippen molar-refractivity contribution in [1.29, 1.82) is 0 Å². The fourth-order valence-electron chi connectivity index (χ4n) is 3.40. The molecule has 5 nitrogen and oxygen atoms in total. The van der Waals surface area contributed by atoms with Crippen LogP contribution in [-0.2, 0) is 14.3 Å². The van der Waals surface area contributed by atoms with E-state index in [1.165, 1.54) is 20.0 Å². The summed E-state index contributed by atoms with van der Waals surface area (Å²) in [7, 11) is 1.37. The first-order valence-electron chi connectivity index (χ1n) is 7.34. The molecule has 5 heteroatoms. The van der Waals surface area contributed by atoms with Gasteiger partial charge < -0.3 is 9.47 Å². The number of likely N-dealkylation sites (tertiary alicyclic amines) is 1. The molecule has 1 amide bonds. The minimum absolute atomic E-state index is 0.0930. The molecule has 1 saturated carbocycles. The predicted octanol–water partition coefficient (Wildman–Crippen LogP) is 2.73. The van der Waals surface area contributed by atoms with Crippen molar-refractivity contribution in [3.05, 3.63) is 0 Å². The third-order valence-corrected chi connectivity index (χ3v) is 4.27. The average Bonchev–Trinajstić information content (AvgIpc) is 2.94. The maximum absolute atomic E-state index is 12.3. The molecule has 0 bridgehead atoms. The van der Waals surface area contributed by atoms with Crippen molar-refractivity contribution in [2.75, 3.05) is 13.7 Å². The lowest BCUT2D eigenvalue weighted by Crippen LogP contribution is -2.44. The van der Waals surface area contributed by atoms with Crippen LogP contribution in [0.1, 0.15) is 52.9 Å². The molecule has 2 rings (SSSR count). The number of carbonyl (C=O) groups is 2. The van der Waals surface area contributed by atoms with Gasteiger partial charge in [0.05, 0.1) is 7.11 Å². The number of hydrogen-bond acceptors (Lipinski definition) is 4. The zero-order chi connectivity index (χ0) is 15.0. The molecule has 20 heavy (non-hydrogen) atoms. The van der Waals surface area contributed by atoms with Gasteiger partial charge in [0.1, 0.15) is 11.6 Å². The molecule has 1 saturated heterocycles. The molecule has 0 aromatic heterocycles. The molecule has 1 unspecified atom stereocenters. The quantitative estimate of drug-likeness (QED) is 0.694. The van der Waals surface area contributed by atoms with Crippen LogP contribution < -0.4 is 0 Å². The number of rotatable bonds is 1. The number of esters is 1. The fraction of sp³-hybridized carbons (Fsp3) is 0.867. The van der Waals surface area contributed by atoms with E-state index in [1.807, 2.05) is 20.8 Å². The smallest absolute Gasteiger partial charge is 0.411 e. The summed E-state index contributed by atoms with van der Waals surface area (Å²) in [5.41, 5.74) is -0.459. The third kappa shape index (κ3) is 3.07. The molecule has 2 fully saturated rings. The molecule has 0 N–H and O–H groups in total. The standard InChI is InChI=1S/C15H25NO4/c1-14(2,3)20-13(18)16-10-15(7-5-6-8-15)9-11(16)12(17)19-4/h11H,5-10H2,1-4H3. The summed E-state index contributed by atoms with van der Waals surface area (Å²) in [6, 6.07) is -0.493. The van der Waals surface area contributed by atoms with Crippen LogP contribution in [0.5, 0.6) is 0 Å². The highest BCUT2D eigenvalue weighted by atomic mass is 16.6. The minimum Gasteiger partial charge on any atom is -0.467 e. The van der Waals surface area contributed by atoms with Gasteiger partial charge in [0, 0.05) is 6.54 Å². The highest BCUT2D eigenvalue weighted by molar-refractivity contribution is 5.82. The van der Waals surface area contributed by atoms with E-state index in [0.29, 0.717) is 13.0 Å². The van der Waals surface area contributed by atoms with E-state index >= 15 is 0 Å². The first-order chi connectivity index (χ1) is 9.26. The van der Waals surface area contributed by atoms with Crippen LogP contribution in [0, 0.1) is 5.41 Å². The topological polar surface area (TPSA) is 55.8 Å². The Labute approximate surface area is 120 Å². The van der Waals surface area contributed by atoms with Crippen LogP contribution in [0.4, 0.5) is 4.79 Å². The average molecular weight is 283 g/mol. The SMILES string of the molecule is COC(=O)C1CC2(CCCC2)CN1C(=O)OC(C)(C)C. The maximum atomic E-state index is 12.3. The van der Waals surface area contributed by atoms with Crippen molar-refractivity contribution in [1.82, 2.24) is 4.90 Å². The van der Waals surface area contributed by atoms with Crippen LogP contribution in [0.25, 0.3) is 0 Å². The molecule has 1 atom stereocenters. The minimum atomic E-state index is -0.552. The lowest BCUT2D eigenvalue weighted by molar-refractivity contribution is -0.145. The maximum Gasteiger partial charge on any atom is 0.411 e. The van der Waals surface area contributed by atoms with Crippen LogP contribution in [0.3, 0.4) is 0 Å². The molecular weight excluding hydrogens is 258 g/mol. The monoisotopic (exact) mass is 283 g/mol. The van der Waals surface area contributed by atoms with Gasteiger partial charge in [0.25, 0.3) is 0 Å². The molecule has 1 aliphatic carbocycles. The van der Waals surface area contributed by atoms with Crippen molar-refractivity contribution in [3.63, 3.8) is 0 Å². The second kappa shape index (κ2) is 5.26. The summed E-state index contributed by atoms with van der Waals surface area (Å²) in [6.07, 6.45) is 4.82. The number of nitrogens with zero attached hydrogens (tertiary/aromatic N) is 1. The first-order valence-corrected chi connectivity index (χ1v) is 7.34. The number of methoxy groups -OCH3 is 1. The van der Waals surface area contributed by atoms with Crippen molar-refractivity contribution < 1.29 is 19.1 Å². The van der Waals surface area contributed by atoms with E-state index in [0.717, 1.165) is 12.8 Å². The van der Waals surface area contributed by atoms with Crippen LogP contribution in [0.2, 0.25) is 0 Å². The Kier molecular flexibility index (Phi) is 3.98. The fourth-order valence-corrected chi connectivity index (χ4v) is 3.40.